The highest BCUT2D eigenvalue weighted by atomic mass is 35.5. The highest BCUT2D eigenvalue weighted by molar-refractivity contribution is 6.31. The number of carbonyl (C=O) groups is 1. The van der Waals surface area contributed by atoms with Crippen molar-refractivity contribution in [2.45, 2.75) is 32.3 Å². The van der Waals surface area contributed by atoms with Crippen LogP contribution in [0.4, 0.5) is 0 Å². The lowest BCUT2D eigenvalue weighted by Gasteiger charge is -2.18. The van der Waals surface area contributed by atoms with Crippen LogP contribution < -0.4 is 0 Å². The maximum atomic E-state index is 12.3. The van der Waals surface area contributed by atoms with E-state index in [0.717, 1.165) is 43.6 Å². The molecule has 1 unspecified atom stereocenters. The number of ether oxygens (including phenoxy) is 1. The highest BCUT2D eigenvalue weighted by Gasteiger charge is 2.19. The number of hydrogen-bond acceptors (Lipinski definition) is 3. The van der Waals surface area contributed by atoms with Crippen molar-refractivity contribution in [1.82, 2.24) is 14.7 Å². The van der Waals surface area contributed by atoms with Crippen LogP contribution in [0.1, 0.15) is 30.5 Å². The Hall–Kier alpha value is -1.33. The molecule has 21 heavy (non-hydrogen) atoms. The van der Waals surface area contributed by atoms with Crippen LogP contribution in [0.2, 0.25) is 5.15 Å². The largest absolute Gasteiger partial charge is 0.381 e. The number of likely N-dealkylation sites (tertiary alicyclic amines) is 1. The molecule has 0 spiro atoms. The van der Waals surface area contributed by atoms with Gasteiger partial charge in [-0.2, -0.15) is 5.10 Å². The van der Waals surface area contributed by atoms with Gasteiger partial charge in [-0.25, -0.2) is 0 Å². The number of rotatable bonds is 3. The minimum absolute atomic E-state index is 0.0195. The van der Waals surface area contributed by atoms with Crippen molar-refractivity contribution < 1.29 is 9.53 Å². The van der Waals surface area contributed by atoms with Crippen LogP contribution in [0, 0.1) is 6.92 Å². The van der Waals surface area contributed by atoms with Gasteiger partial charge in [0.05, 0.1) is 11.8 Å². The van der Waals surface area contributed by atoms with Gasteiger partial charge in [-0.1, -0.05) is 11.6 Å². The monoisotopic (exact) mass is 311 g/mol. The van der Waals surface area contributed by atoms with Crippen molar-refractivity contribution in [2.24, 2.45) is 7.05 Å². The molecule has 2 rings (SSSR count). The molecule has 116 valence electrons. The van der Waals surface area contributed by atoms with Crippen LogP contribution in [0.3, 0.4) is 0 Å². The quantitative estimate of drug-likeness (QED) is 0.805. The first-order valence-corrected chi connectivity index (χ1v) is 7.59. The first-order chi connectivity index (χ1) is 10.0. The fraction of sp³-hybridized carbons (Fsp3) is 0.600. The van der Waals surface area contributed by atoms with Gasteiger partial charge in [0.25, 0.3) is 0 Å². The van der Waals surface area contributed by atoms with Gasteiger partial charge in [0.15, 0.2) is 0 Å². The molecule has 5 nitrogen and oxygen atoms in total. The van der Waals surface area contributed by atoms with Crippen molar-refractivity contribution in [2.75, 3.05) is 20.2 Å². The van der Waals surface area contributed by atoms with Gasteiger partial charge in [0, 0.05) is 38.9 Å². The third-order valence-corrected chi connectivity index (χ3v) is 4.36. The average Bonchev–Trinajstić information content (AvgIpc) is 2.65. The van der Waals surface area contributed by atoms with Crippen LogP contribution in [-0.2, 0) is 16.6 Å². The normalized spacial score (nSPS) is 20.0. The summed E-state index contributed by atoms with van der Waals surface area (Å²) >= 11 is 6.16. The number of aromatic nitrogens is 2. The summed E-state index contributed by atoms with van der Waals surface area (Å²) in [5.74, 6) is 0.0195. The molecular weight excluding hydrogens is 290 g/mol. The second kappa shape index (κ2) is 7.09. The number of halogens is 1. The second-order valence-electron chi connectivity index (χ2n) is 5.36. The van der Waals surface area contributed by atoms with E-state index in [2.05, 4.69) is 5.10 Å². The van der Waals surface area contributed by atoms with E-state index in [1.54, 1.807) is 31.0 Å². The molecule has 1 aromatic heterocycles. The summed E-state index contributed by atoms with van der Waals surface area (Å²) in [7, 11) is 3.52. The van der Waals surface area contributed by atoms with E-state index in [1.165, 1.54) is 0 Å². The summed E-state index contributed by atoms with van der Waals surface area (Å²) in [6.45, 7) is 3.40. The Kier molecular flexibility index (Phi) is 5.42. The Balaban J connectivity index is 2.02. The molecule has 0 bridgehead atoms. The number of aryl methyl sites for hydroxylation is 2. The van der Waals surface area contributed by atoms with Crippen molar-refractivity contribution in [3.05, 3.63) is 22.5 Å². The molecule has 2 heterocycles. The molecule has 0 aliphatic carbocycles. The third kappa shape index (κ3) is 3.86. The predicted octanol–water partition coefficient (Wildman–Crippen LogP) is 2.42. The van der Waals surface area contributed by atoms with Gasteiger partial charge >= 0.3 is 0 Å². The average molecular weight is 312 g/mol. The zero-order chi connectivity index (χ0) is 15.4. The second-order valence-corrected chi connectivity index (χ2v) is 5.72. The lowest BCUT2D eigenvalue weighted by Crippen LogP contribution is -2.30. The van der Waals surface area contributed by atoms with E-state index in [-0.39, 0.29) is 12.0 Å². The number of amides is 1. The first kappa shape index (κ1) is 16.0. The molecular formula is C15H22ClN3O2. The fourth-order valence-electron chi connectivity index (χ4n) is 2.62. The Bertz CT molecular complexity index is 539. The Morgan fingerprint density at radius 3 is 2.81 bits per heavy atom. The van der Waals surface area contributed by atoms with Gasteiger partial charge in [0.1, 0.15) is 5.15 Å². The van der Waals surface area contributed by atoms with Crippen LogP contribution in [0.5, 0.6) is 0 Å². The van der Waals surface area contributed by atoms with E-state index in [9.17, 15) is 4.79 Å². The van der Waals surface area contributed by atoms with E-state index in [1.807, 2.05) is 11.8 Å². The molecule has 1 fully saturated rings. The van der Waals surface area contributed by atoms with E-state index < -0.39 is 0 Å². The van der Waals surface area contributed by atoms with Gasteiger partial charge in [-0.3, -0.25) is 9.48 Å². The van der Waals surface area contributed by atoms with Crippen LogP contribution in [-0.4, -0.2) is 46.9 Å². The van der Waals surface area contributed by atoms with Crippen molar-refractivity contribution in [3.8, 4) is 0 Å². The van der Waals surface area contributed by atoms with Crippen LogP contribution in [0.15, 0.2) is 6.08 Å². The van der Waals surface area contributed by atoms with Crippen LogP contribution in [0.25, 0.3) is 6.08 Å². The summed E-state index contributed by atoms with van der Waals surface area (Å²) in [6, 6.07) is 0. The van der Waals surface area contributed by atoms with Crippen molar-refractivity contribution in [1.29, 1.82) is 0 Å². The summed E-state index contributed by atoms with van der Waals surface area (Å²) in [6.07, 6.45) is 6.49. The van der Waals surface area contributed by atoms with E-state index in [0.29, 0.717) is 5.15 Å². The lowest BCUT2D eigenvalue weighted by molar-refractivity contribution is -0.126. The first-order valence-electron chi connectivity index (χ1n) is 7.21. The number of carbonyl (C=O) groups excluding carboxylic acids is 1. The molecule has 0 saturated carbocycles. The van der Waals surface area contributed by atoms with E-state index >= 15 is 0 Å². The molecule has 1 amide bonds. The smallest absolute Gasteiger partial charge is 0.246 e. The summed E-state index contributed by atoms with van der Waals surface area (Å²) in [5.41, 5.74) is 1.62. The molecule has 1 aliphatic rings. The molecule has 0 N–H and O–H groups in total. The molecule has 1 aliphatic heterocycles. The SMILES string of the molecule is COC1CCCN(C(=O)/C=C/c2c(C)nn(C)c2Cl)CC1. The summed E-state index contributed by atoms with van der Waals surface area (Å²) in [5, 5.41) is 4.78. The maximum absolute atomic E-state index is 12.3. The van der Waals surface area contributed by atoms with Gasteiger partial charge in [-0.15, -0.1) is 0 Å². The number of methoxy groups -OCH3 is 1. The maximum Gasteiger partial charge on any atom is 0.246 e. The number of nitrogens with zero attached hydrogens (tertiary/aromatic N) is 3. The zero-order valence-electron chi connectivity index (χ0n) is 12.8. The zero-order valence-corrected chi connectivity index (χ0v) is 13.6. The molecule has 0 aromatic carbocycles. The number of hydrogen-bond donors (Lipinski definition) is 0. The highest BCUT2D eigenvalue weighted by Crippen LogP contribution is 2.20. The van der Waals surface area contributed by atoms with Gasteiger partial charge in [0.2, 0.25) is 5.91 Å². The van der Waals surface area contributed by atoms with Gasteiger partial charge < -0.3 is 9.64 Å². The Labute approximate surface area is 130 Å². The molecule has 1 atom stereocenters. The van der Waals surface area contributed by atoms with Crippen molar-refractivity contribution in [3.63, 3.8) is 0 Å². The molecule has 0 radical (unpaired) electrons. The van der Waals surface area contributed by atoms with Crippen molar-refractivity contribution >= 4 is 23.6 Å². The predicted molar refractivity (Wildman–Crippen MR) is 83.2 cm³/mol. The lowest BCUT2D eigenvalue weighted by atomic mass is 10.2. The van der Waals surface area contributed by atoms with Crippen LogP contribution >= 0.6 is 11.6 Å². The van der Waals surface area contributed by atoms with Gasteiger partial charge in [-0.05, 0) is 32.3 Å². The summed E-state index contributed by atoms with van der Waals surface area (Å²) < 4.78 is 6.99. The molecule has 1 saturated heterocycles. The molecule has 1 aromatic rings. The van der Waals surface area contributed by atoms with E-state index in [4.69, 9.17) is 16.3 Å². The Morgan fingerprint density at radius 1 is 1.43 bits per heavy atom. The minimum atomic E-state index is 0.0195. The molecule has 6 heteroatoms. The topological polar surface area (TPSA) is 47.4 Å². The fourth-order valence-corrected chi connectivity index (χ4v) is 2.86. The summed E-state index contributed by atoms with van der Waals surface area (Å²) in [4.78, 5) is 14.1. The standard InChI is InChI=1S/C15H22ClN3O2/c1-11-13(15(16)18(2)17-11)6-7-14(20)19-9-4-5-12(21-3)8-10-19/h6-7,12H,4-5,8-10H2,1-3H3/b7-6+. The third-order valence-electron chi connectivity index (χ3n) is 3.91. The minimum Gasteiger partial charge on any atom is -0.381 e. The Morgan fingerprint density at radius 2 is 2.19 bits per heavy atom.